The van der Waals surface area contributed by atoms with Gasteiger partial charge in [-0.25, -0.2) is 0 Å². The first kappa shape index (κ1) is 12.4. The summed E-state index contributed by atoms with van der Waals surface area (Å²) in [5.41, 5.74) is 7.75. The Morgan fingerprint density at radius 2 is 1.75 bits per heavy atom. The minimum Gasteiger partial charge on any atom is -0.504 e. The minimum atomic E-state index is -0.264. The average Bonchev–Trinajstić information content (AvgIpc) is 2.11. The standard InChI is InChI=1S/C13H19NO2/c1-7(2)8-6-9(13(3,4)5)11(15)12(16)10(8)14/h6,15-16H,1,14H2,2-5H3. The number of nitrogen functional groups attached to an aromatic ring is 1. The molecule has 3 nitrogen and oxygen atoms in total. The molecule has 0 heterocycles. The van der Waals surface area contributed by atoms with E-state index >= 15 is 0 Å². The predicted molar refractivity (Wildman–Crippen MR) is 67.6 cm³/mol. The van der Waals surface area contributed by atoms with Gasteiger partial charge in [0.25, 0.3) is 0 Å². The molecule has 0 bridgehead atoms. The van der Waals surface area contributed by atoms with Crippen LogP contribution in [0.15, 0.2) is 12.6 Å². The first-order valence-corrected chi connectivity index (χ1v) is 5.17. The molecule has 0 aliphatic rings. The number of hydrogen-bond donors (Lipinski definition) is 3. The van der Waals surface area contributed by atoms with Crippen molar-refractivity contribution in [3.05, 3.63) is 23.8 Å². The molecule has 0 amide bonds. The first-order valence-electron chi connectivity index (χ1n) is 5.17. The molecular weight excluding hydrogens is 202 g/mol. The van der Waals surface area contributed by atoms with Gasteiger partial charge in [0, 0.05) is 11.1 Å². The average molecular weight is 221 g/mol. The monoisotopic (exact) mass is 221 g/mol. The third kappa shape index (κ3) is 1.98. The molecule has 88 valence electrons. The molecule has 0 spiro atoms. The van der Waals surface area contributed by atoms with Gasteiger partial charge in [-0.2, -0.15) is 0 Å². The maximum Gasteiger partial charge on any atom is 0.181 e. The van der Waals surface area contributed by atoms with Gasteiger partial charge in [0.15, 0.2) is 11.5 Å². The van der Waals surface area contributed by atoms with Gasteiger partial charge in [-0.05, 0) is 24.0 Å². The second kappa shape index (κ2) is 3.74. The fraction of sp³-hybridized carbons (Fsp3) is 0.385. The Balaban J connectivity index is 3.61. The largest absolute Gasteiger partial charge is 0.504 e. The van der Waals surface area contributed by atoms with Crippen LogP contribution >= 0.6 is 0 Å². The van der Waals surface area contributed by atoms with Crippen molar-refractivity contribution in [1.29, 1.82) is 0 Å². The van der Waals surface area contributed by atoms with Crippen LogP contribution in [0.4, 0.5) is 5.69 Å². The topological polar surface area (TPSA) is 66.5 Å². The SMILES string of the molecule is C=C(C)c1cc(C(C)(C)C)c(O)c(O)c1N. The van der Waals surface area contributed by atoms with Gasteiger partial charge < -0.3 is 15.9 Å². The summed E-state index contributed by atoms with van der Waals surface area (Å²) in [6.45, 7) is 11.5. The first-order chi connectivity index (χ1) is 7.16. The molecular formula is C13H19NO2. The van der Waals surface area contributed by atoms with E-state index in [2.05, 4.69) is 6.58 Å². The van der Waals surface area contributed by atoms with Crippen LogP contribution in [0.1, 0.15) is 38.8 Å². The number of allylic oxidation sites excluding steroid dienone is 1. The molecule has 0 radical (unpaired) electrons. The van der Waals surface area contributed by atoms with Gasteiger partial charge >= 0.3 is 0 Å². The van der Waals surface area contributed by atoms with Gasteiger partial charge in [-0.15, -0.1) is 0 Å². The van der Waals surface area contributed by atoms with Crippen molar-refractivity contribution in [2.45, 2.75) is 33.1 Å². The molecule has 0 saturated carbocycles. The van der Waals surface area contributed by atoms with Gasteiger partial charge in [-0.1, -0.05) is 27.4 Å². The summed E-state index contributed by atoms with van der Waals surface area (Å²) in [4.78, 5) is 0. The van der Waals surface area contributed by atoms with E-state index in [9.17, 15) is 10.2 Å². The smallest absolute Gasteiger partial charge is 0.181 e. The maximum absolute atomic E-state index is 9.86. The Kier molecular flexibility index (Phi) is 2.91. The van der Waals surface area contributed by atoms with Crippen molar-refractivity contribution >= 4 is 11.3 Å². The Morgan fingerprint density at radius 1 is 1.25 bits per heavy atom. The summed E-state index contributed by atoms with van der Waals surface area (Å²) >= 11 is 0. The lowest BCUT2D eigenvalue weighted by Gasteiger charge is -2.23. The van der Waals surface area contributed by atoms with Crippen molar-refractivity contribution in [2.24, 2.45) is 0 Å². The van der Waals surface area contributed by atoms with Gasteiger partial charge in [0.2, 0.25) is 0 Å². The lowest BCUT2D eigenvalue weighted by Crippen LogP contribution is -2.12. The summed E-state index contributed by atoms with van der Waals surface area (Å²) in [6.07, 6.45) is 0. The number of nitrogens with two attached hydrogens (primary N) is 1. The molecule has 0 aromatic heterocycles. The molecule has 3 heteroatoms. The summed E-state index contributed by atoms with van der Waals surface area (Å²) in [5.74, 6) is -0.402. The number of hydrogen-bond acceptors (Lipinski definition) is 3. The molecule has 4 N–H and O–H groups in total. The van der Waals surface area contributed by atoms with E-state index in [1.807, 2.05) is 27.7 Å². The van der Waals surface area contributed by atoms with Gasteiger partial charge in [0.1, 0.15) is 0 Å². The van der Waals surface area contributed by atoms with Crippen LogP contribution in [-0.2, 0) is 5.41 Å². The highest BCUT2D eigenvalue weighted by atomic mass is 16.3. The Morgan fingerprint density at radius 3 is 2.12 bits per heavy atom. The highest BCUT2D eigenvalue weighted by Crippen LogP contribution is 2.43. The van der Waals surface area contributed by atoms with Crippen LogP contribution in [-0.4, -0.2) is 10.2 Å². The number of aromatic hydroxyl groups is 2. The third-order valence-corrected chi connectivity index (χ3v) is 2.58. The quantitative estimate of drug-likeness (QED) is 0.504. The zero-order valence-electron chi connectivity index (χ0n) is 10.3. The van der Waals surface area contributed by atoms with Crippen molar-refractivity contribution in [2.75, 3.05) is 5.73 Å². The molecule has 0 aliphatic heterocycles. The van der Waals surface area contributed by atoms with Gasteiger partial charge in [0.05, 0.1) is 5.69 Å². The molecule has 16 heavy (non-hydrogen) atoms. The number of phenolic OH excluding ortho intramolecular Hbond substituents is 2. The van der Waals surface area contributed by atoms with Crippen LogP contribution in [0.3, 0.4) is 0 Å². The van der Waals surface area contributed by atoms with E-state index in [0.29, 0.717) is 11.1 Å². The predicted octanol–water partition coefficient (Wildman–Crippen LogP) is 3.01. The zero-order chi connectivity index (χ0) is 12.7. The van der Waals surface area contributed by atoms with Crippen LogP contribution < -0.4 is 5.73 Å². The van der Waals surface area contributed by atoms with Crippen molar-refractivity contribution in [3.8, 4) is 11.5 Å². The highest BCUT2D eigenvalue weighted by Gasteiger charge is 2.23. The van der Waals surface area contributed by atoms with Crippen molar-refractivity contribution in [3.63, 3.8) is 0 Å². The zero-order valence-corrected chi connectivity index (χ0v) is 10.3. The maximum atomic E-state index is 9.86. The molecule has 1 aromatic carbocycles. The minimum absolute atomic E-state index is 0.144. The molecule has 0 unspecified atom stereocenters. The Hall–Kier alpha value is -1.64. The second-order valence-electron chi connectivity index (χ2n) is 5.11. The number of phenols is 2. The number of benzene rings is 1. The number of rotatable bonds is 1. The molecule has 1 rings (SSSR count). The van der Waals surface area contributed by atoms with Crippen molar-refractivity contribution in [1.82, 2.24) is 0 Å². The summed E-state index contributed by atoms with van der Waals surface area (Å²) < 4.78 is 0. The van der Waals surface area contributed by atoms with Crippen LogP contribution in [0.2, 0.25) is 0 Å². The van der Waals surface area contributed by atoms with E-state index in [1.54, 1.807) is 6.07 Å². The van der Waals surface area contributed by atoms with Crippen LogP contribution in [0.5, 0.6) is 11.5 Å². The second-order valence-corrected chi connectivity index (χ2v) is 5.11. The normalized spacial score (nSPS) is 11.5. The van der Waals surface area contributed by atoms with Gasteiger partial charge in [-0.3, -0.25) is 0 Å². The fourth-order valence-electron chi connectivity index (χ4n) is 1.60. The third-order valence-electron chi connectivity index (χ3n) is 2.58. The summed E-state index contributed by atoms with van der Waals surface area (Å²) in [7, 11) is 0. The van der Waals surface area contributed by atoms with Crippen LogP contribution in [0, 0.1) is 0 Å². The molecule has 1 aromatic rings. The van der Waals surface area contributed by atoms with E-state index in [4.69, 9.17) is 5.73 Å². The van der Waals surface area contributed by atoms with E-state index < -0.39 is 0 Å². The molecule has 0 saturated heterocycles. The van der Waals surface area contributed by atoms with E-state index in [0.717, 1.165) is 5.57 Å². The fourth-order valence-corrected chi connectivity index (χ4v) is 1.60. The highest BCUT2D eigenvalue weighted by molar-refractivity contribution is 5.80. The Bertz CT molecular complexity index is 442. The summed E-state index contributed by atoms with van der Waals surface area (Å²) in [6, 6.07) is 1.78. The number of anilines is 1. The molecule has 0 aliphatic carbocycles. The van der Waals surface area contributed by atoms with Crippen molar-refractivity contribution < 1.29 is 10.2 Å². The van der Waals surface area contributed by atoms with Crippen LogP contribution in [0.25, 0.3) is 5.57 Å². The van der Waals surface area contributed by atoms with E-state index in [-0.39, 0.29) is 22.6 Å². The molecule has 0 fully saturated rings. The lowest BCUT2D eigenvalue weighted by atomic mass is 9.84. The molecule has 0 atom stereocenters. The Labute approximate surface area is 96.2 Å². The lowest BCUT2D eigenvalue weighted by molar-refractivity contribution is 0.390. The van der Waals surface area contributed by atoms with E-state index in [1.165, 1.54) is 0 Å². The summed E-state index contributed by atoms with van der Waals surface area (Å²) in [5, 5.41) is 19.6.